The highest BCUT2D eigenvalue weighted by atomic mass is 32.2. The number of hydrogen-bond acceptors (Lipinski definition) is 3. The molecule has 0 unspecified atom stereocenters. The molecule has 1 N–H and O–H groups in total. The van der Waals surface area contributed by atoms with Gasteiger partial charge < -0.3 is 0 Å². The number of anilines is 1. The third-order valence-electron chi connectivity index (χ3n) is 1.89. The van der Waals surface area contributed by atoms with Crippen LogP contribution in [0.3, 0.4) is 0 Å². The van der Waals surface area contributed by atoms with Gasteiger partial charge in [0.2, 0.25) is 10.0 Å². The van der Waals surface area contributed by atoms with Crippen LogP contribution in [0, 0.1) is 0 Å². The first kappa shape index (κ1) is 9.92. The lowest BCUT2D eigenvalue weighted by Crippen LogP contribution is -2.10. The SMILES string of the molecule is CS(=O)(=O)Nc1ccc2ccccc2n1. The zero-order chi connectivity index (χ0) is 10.9. The minimum absolute atomic E-state index is 0.344. The Bertz CT molecular complexity index is 593. The van der Waals surface area contributed by atoms with Gasteiger partial charge in [0, 0.05) is 5.39 Å². The molecular weight excluding hydrogens is 212 g/mol. The molecule has 0 amide bonds. The van der Waals surface area contributed by atoms with Crippen molar-refractivity contribution < 1.29 is 8.42 Å². The predicted molar refractivity (Wildman–Crippen MR) is 60.2 cm³/mol. The van der Waals surface area contributed by atoms with Crippen LogP contribution in [0.2, 0.25) is 0 Å². The Morgan fingerprint density at radius 1 is 1.13 bits per heavy atom. The molecule has 0 aliphatic heterocycles. The van der Waals surface area contributed by atoms with Crippen molar-refractivity contribution in [2.75, 3.05) is 11.0 Å². The lowest BCUT2D eigenvalue weighted by molar-refractivity contribution is 0.606. The number of sulfonamides is 1. The molecule has 1 aromatic carbocycles. The summed E-state index contributed by atoms with van der Waals surface area (Å²) in [5.74, 6) is 0.344. The zero-order valence-electron chi connectivity index (χ0n) is 8.14. The van der Waals surface area contributed by atoms with Gasteiger partial charge in [-0.3, -0.25) is 4.72 Å². The van der Waals surface area contributed by atoms with E-state index >= 15 is 0 Å². The van der Waals surface area contributed by atoms with Crippen LogP contribution in [-0.2, 0) is 10.0 Å². The number of rotatable bonds is 2. The van der Waals surface area contributed by atoms with Gasteiger partial charge in [-0.2, -0.15) is 0 Å². The number of aromatic nitrogens is 1. The smallest absolute Gasteiger partial charge is 0.230 e. The molecule has 1 heterocycles. The molecular formula is C10H10N2O2S. The monoisotopic (exact) mass is 222 g/mol. The van der Waals surface area contributed by atoms with Gasteiger partial charge in [-0.1, -0.05) is 18.2 Å². The quantitative estimate of drug-likeness (QED) is 0.839. The van der Waals surface area contributed by atoms with E-state index < -0.39 is 10.0 Å². The van der Waals surface area contributed by atoms with Crippen molar-refractivity contribution in [2.45, 2.75) is 0 Å². The van der Waals surface area contributed by atoms with Gasteiger partial charge in [-0.15, -0.1) is 0 Å². The van der Waals surface area contributed by atoms with E-state index in [1.54, 1.807) is 6.07 Å². The lowest BCUT2D eigenvalue weighted by atomic mass is 10.2. The Kier molecular flexibility index (Phi) is 2.32. The number of fused-ring (bicyclic) bond motifs is 1. The summed E-state index contributed by atoms with van der Waals surface area (Å²) in [5.41, 5.74) is 0.770. The van der Waals surface area contributed by atoms with Crippen LogP contribution < -0.4 is 4.72 Å². The molecule has 0 bridgehead atoms. The fourth-order valence-electron chi connectivity index (χ4n) is 1.31. The summed E-state index contributed by atoms with van der Waals surface area (Å²) >= 11 is 0. The molecule has 0 saturated heterocycles. The van der Waals surface area contributed by atoms with Crippen molar-refractivity contribution in [2.24, 2.45) is 0 Å². The predicted octanol–water partition coefficient (Wildman–Crippen LogP) is 1.61. The van der Waals surface area contributed by atoms with E-state index in [0.29, 0.717) is 5.82 Å². The van der Waals surface area contributed by atoms with Crippen molar-refractivity contribution in [3.8, 4) is 0 Å². The number of para-hydroxylation sites is 1. The second kappa shape index (κ2) is 3.51. The standard InChI is InChI=1S/C10H10N2O2S/c1-15(13,14)12-10-7-6-8-4-2-3-5-9(8)11-10/h2-7H,1H3,(H,11,12). The highest BCUT2D eigenvalue weighted by Crippen LogP contribution is 2.14. The molecule has 0 saturated carbocycles. The van der Waals surface area contributed by atoms with Crippen molar-refractivity contribution in [1.29, 1.82) is 0 Å². The van der Waals surface area contributed by atoms with Crippen LogP contribution in [0.5, 0.6) is 0 Å². The second-order valence-corrected chi connectivity index (χ2v) is 5.01. The van der Waals surface area contributed by atoms with E-state index in [-0.39, 0.29) is 0 Å². The van der Waals surface area contributed by atoms with Crippen LogP contribution in [-0.4, -0.2) is 19.7 Å². The Morgan fingerprint density at radius 3 is 2.60 bits per heavy atom. The van der Waals surface area contributed by atoms with Crippen molar-refractivity contribution in [1.82, 2.24) is 4.98 Å². The number of pyridine rings is 1. The molecule has 4 nitrogen and oxygen atoms in total. The molecule has 2 rings (SSSR count). The van der Waals surface area contributed by atoms with Gasteiger partial charge in [-0.05, 0) is 18.2 Å². The summed E-state index contributed by atoms with van der Waals surface area (Å²) in [6.07, 6.45) is 1.10. The van der Waals surface area contributed by atoms with E-state index in [1.165, 1.54) is 0 Å². The highest BCUT2D eigenvalue weighted by molar-refractivity contribution is 7.92. The van der Waals surface area contributed by atoms with Crippen LogP contribution in [0.15, 0.2) is 36.4 Å². The van der Waals surface area contributed by atoms with E-state index in [0.717, 1.165) is 17.2 Å². The average Bonchev–Trinajstić information content (AvgIpc) is 2.15. The number of hydrogen-bond donors (Lipinski definition) is 1. The van der Waals surface area contributed by atoms with Crippen molar-refractivity contribution >= 4 is 26.7 Å². The van der Waals surface area contributed by atoms with Gasteiger partial charge in [-0.25, -0.2) is 13.4 Å². The normalized spacial score (nSPS) is 11.5. The van der Waals surface area contributed by atoms with E-state index in [4.69, 9.17) is 0 Å². The summed E-state index contributed by atoms with van der Waals surface area (Å²) < 4.78 is 24.3. The molecule has 2 aromatic rings. The summed E-state index contributed by atoms with van der Waals surface area (Å²) in [4.78, 5) is 4.17. The lowest BCUT2D eigenvalue weighted by Gasteiger charge is -2.03. The number of benzene rings is 1. The van der Waals surface area contributed by atoms with E-state index in [2.05, 4.69) is 9.71 Å². The van der Waals surface area contributed by atoms with E-state index in [1.807, 2.05) is 30.3 Å². The average molecular weight is 222 g/mol. The van der Waals surface area contributed by atoms with Gasteiger partial charge in [0.25, 0.3) is 0 Å². The first-order chi connectivity index (χ1) is 7.04. The van der Waals surface area contributed by atoms with Crippen molar-refractivity contribution in [3.05, 3.63) is 36.4 Å². The van der Waals surface area contributed by atoms with Crippen molar-refractivity contribution in [3.63, 3.8) is 0 Å². The second-order valence-electron chi connectivity index (χ2n) is 3.26. The van der Waals surface area contributed by atoms with Gasteiger partial charge in [0.1, 0.15) is 5.82 Å². The highest BCUT2D eigenvalue weighted by Gasteiger charge is 2.03. The molecule has 78 valence electrons. The molecule has 0 aliphatic carbocycles. The fourth-order valence-corrected chi connectivity index (χ4v) is 1.81. The first-order valence-electron chi connectivity index (χ1n) is 4.38. The molecule has 15 heavy (non-hydrogen) atoms. The van der Waals surface area contributed by atoms with Crippen LogP contribution in [0.1, 0.15) is 0 Å². The zero-order valence-corrected chi connectivity index (χ0v) is 8.95. The summed E-state index contributed by atoms with van der Waals surface area (Å²) in [5, 5.41) is 0.983. The molecule has 0 fully saturated rings. The van der Waals surface area contributed by atoms with Crippen LogP contribution >= 0.6 is 0 Å². The van der Waals surface area contributed by atoms with Gasteiger partial charge in [0.05, 0.1) is 11.8 Å². The summed E-state index contributed by atoms with van der Waals surface area (Å²) in [6.45, 7) is 0. The number of nitrogens with one attached hydrogen (secondary N) is 1. The maximum atomic E-state index is 11.0. The number of nitrogens with zero attached hydrogens (tertiary/aromatic N) is 1. The summed E-state index contributed by atoms with van der Waals surface area (Å²) in [7, 11) is -3.26. The minimum atomic E-state index is -3.26. The minimum Gasteiger partial charge on any atom is -0.268 e. The molecule has 0 spiro atoms. The molecule has 0 radical (unpaired) electrons. The molecule has 5 heteroatoms. The van der Waals surface area contributed by atoms with Gasteiger partial charge in [0.15, 0.2) is 0 Å². The van der Waals surface area contributed by atoms with Gasteiger partial charge >= 0.3 is 0 Å². The Labute approximate surface area is 88.0 Å². The third kappa shape index (κ3) is 2.44. The third-order valence-corrected chi connectivity index (χ3v) is 2.47. The van der Waals surface area contributed by atoms with Crippen LogP contribution in [0.25, 0.3) is 10.9 Å². The summed E-state index contributed by atoms with van der Waals surface area (Å²) in [6, 6.07) is 11.0. The Morgan fingerprint density at radius 2 is 1.87 bits per heavy atom. The largest absolute Gasteiger partial charge is 0.268 e. The van der Waals surface area contributed by atoms with E-state index in [9.17, 15) is 8.42 Å². The molecule has 0 atom stereocenters. The Hall–Kier alpha value is -1.62. The van der Waals surface area contributed by atoms with Crippen LogP contribution in [0.4, 0.5) is 5.82 Å². The maximum Gasteiger partial charge on any atom is 0.230 e. The topological polar surface area (TPSA) is 59.1 Å². The molecule has 1 aromatic heterocycles. The maximum absolute atomic E-state index is 11.0. The molecule has 0 aliphatic rings. The Balaban J connectivity index is 2.48. The first-order valence-corrected chi connectivity index (χ1v) is 6.27. The fraction of sp³-hybridized carbons (Fsp3) is 0.100.